The van der Waals surface area contributed by atoms with Gasteiger partial charge in [-0.1, -0.05) is 6.42 Å². The van der Waals surface area contributed by atoms with Crippen LogP contribution in [0, 0.1) is 0 Å². The van der Waals surface area contributed by atoms with Gasteiger partial charge in [-0.05, 0) is 25.7 Å². The lowest BCUT2D eigenvalue weighted by molar-refractivity contribution is -0.131. The Bertz CT molecular complexity index is 141. The Morgan fingerprint density at radius 1 is 1.30 bits per heavy atom. The van der Waals surface area contributed by atoms with Gasteiger partial charge in [0.05, 0.1) is 0 Å². The number of carbonyl (C=O) groups is 1. The topological polar surface area (TPSA) is 43.1 Å². The van der Waals surface area contributed by atoms with Crippen LogP contribution in [0.2, 0.25) is 0 Å². The molecule has 1 rings (SSSR count). The number of alkyl halides is 1. The first-order valence-electron chi connectivity index (χ1n) is 3.64. The highest BCUT2D eigenvalue weighted by Crippen LogP contribution is 2.31. The summed E-state index contributed by atoms with van der Waals surface area (Å²) < 4.78 is 13.2. The van der Waals surface area contributed by atoms with Crippen LogP contribution in [0.1, 0.15) is 32.1 Å². The highest BCUT2D eigenvalue weighted by Gasteiger charge is 2.37. The van der Waals surface area contributed by atoms with Crippen LogP contribution in [0.15, 0.2) is 0 Å². The Kier molecular flexibility index (Phi) is 1.92. The molecule has 1 saturated carbocycles. The molecule has 0 spiro atoms. The van der Waals surface area contributed by atoms with Crippen molar-refractivity contribution < 1.29 is 9.18 Å². The molecule has 2 N–H and O–H groups in total. The van der Waals surface area contributed by atoms with Crippen molar-refractivity contribution in [3.05, 3.63) is 0 Å². The molecule has 58 valence electrons. The summed E-state index contributed by atoms with van der Waals surface area (Å²) in [6.45, 7) is 0. The van der Waals surface area contributed by atoms with E-state index in [0.717, 1.165) is 19.3 Å². The van der Waals surface area contributed by atoms with Crippen LogP contribution >= 0.6 is 0 Å². The Labute approximate surface area is 59.6 Å². The van der Waals surface area contributed by atoms with Gasteiger partial charge in [-0.2, -0.15) is 0 Å². The highest BCUT2D eigenvalue weighted by molar-refractivity contribution is 5.83. The molecule has 10 heavy (non-hydrogen) atoms. The van der Waals surface area contributed by atoms with Crippen LogP contribution in [0.3, 0.4) is 0 Å². The van der Waals surface area contributed by atoms with Crippen molar-refractivity contribution in [3.63, 3.8) is 0 Å². The Hall–Kier alpha value is -0.600. The summed E-state index contributed by atoms with van der Waals surface area (Å²) in [6, 6.07) is 0. The van der Waals surface area contributed by atoms with Crippen molar-refractivity contribution in [1.29, 1.82) is 0 Å². The maximum atomic E-state index is 13.2. The lowest BCUT2D eigenvalue weighted by Gasteiger charge is -2.25. The summed E-state index contributed by atoms with van der Waals surface area (Å²) >= 11 is 0. The van der Waals surface area contributed by atoms with Gasteiger partial charge >= 0.3 is 0 Å². The number of carbonyl (C=O) groups excluding carboxylic acids is 1. The minimum atomic E-state index is -1.68. The summed E-state index contributed by atoms with van der Waals surface area (Å²) in [7, 11) is 0. The van der Waals surface area contributed by atoms with Gasteiger partial charge in [-0.15, -0.1) is 0 Å². The third kappa shape index (κ3) is 1.28. The average Bonchev–Trinajstić information content (AvgIpc) is 1.89. The molecule has 2 nitrogen and oxygen atoms in total. The second-order valence-corrected chi connectivity index (χ2v) is 2.89. The standard InChI is InChI=1S/C7H12FNO/c8-7(6(9)10)4-2-1-3-5-7/h1-5H2,(H2,9,10). The zero-order valence-electron chi connectivity index (χ0n) is 5.90. The SMILES string of the molecule is NC(=O)C1(F)CCCCC1. The van der Waals surface area contributed by atoms with Crippen LogP contribution in [0.25, 0.3) is 0 Å². The lowest BCUT2D eigenvalue weighted by atomic mass is 9.86. The van der Waals surface area contributed by atoms with E-state index in [2.05, 4.69) is 0 Å². The molecule has 1 amide bonds. The number of hydrogen-bond donors (Lipinski definition) is 1. The van der Waals surface area contributed by atoms with E-state index >= 15 is 0 Å². The monoisotopic (exact) mass is 145 g/mol. The smallest absolute Gasteiger partial charge is 0.255 e. The lowest BCUT2D eigenvalue weighted by Crippen LogP contribution is -2.41. The minimum Gasteiger partial charge on any atom is -0.367 e. The van der Waals surface area contributed by atoms with Gasteiger partial charge in [0.1, 0.15) is 0 Å². The molecule has 0 radical (unpaired) electrons. The molecule has 0 aromatic rings. The Morgan fingerprint density at radius 3 is 2.10 bits per heavy atom. The molecule has 0 atom stereocenters. The van der Waals surface area contributed by atoms with Crippen LogP contribution in [-0.2, 0) is 4.79 Å². The third-order valence-electron chi connectivity index (χ3n) is 2.09. The van der Waals surface area contributed by atoms with Crippen molar-refractivity contribution in [1.82, 2.24) is 0 Å². The second kappa shape index (κ2) is 2.56. The zero-order chi connectivity index (χ0) is 7.61. The zero-order valence-corrected chi connectivity index (χ0v) is 5.90. The Balaban J connectivity index is 2.56. The molecule has 0 bridgehead atoms. The molecule has 0 heterocycles. The summed E-state index contributed by atoms with van der Waals surface area (Å²) in [6.07, 6.45) is 3.25. The molecule has 0 aliphatic heterocycles. The first kappa shape index (κ1) is 7.51. The van der Waals surface area contributed by atoms with Crippen LogP contribution in [0.4, 0.5) is 4.39 Å². The van der Waals surface area contributed by atoms with Gasteiger partial charge in [0.15, 0.2) is 5.67 Å². The van der Waals surface area contributed by atoms with E-state index in [0.29, 0.717) is 12.8 Å². The van der Waals surface area contributed by atoms with Gasteiger partial charge < -0.3 is 5.73 Å². The molecular weight excluding hydrogens is 133 g/mol. The number of halogens is 1. The molecule has 1 fully saturated rings. The number of nitrogens with two attached hydrogens (primary N) is 1. The molecule has 1 aliphatic carbocycles. The number of primary amides is 1. The van der Waals surface area contributed by atoms with E-state index < -0.39 is 11.6 Å². The Morgan fingerprint density at radius 2 is 1.80 bits per heavy atom. The van der Waals surface area contributed by atoms with Crippen LogP contribution < -0.4 is 5.73 Å². The van der Waals surface area contributed by atoms with Gasteiger partial charge in [0.2, 0.25) is 0 Å². The van der Waals surface area contributed by atoms with E-state index in [9.17, 15) is 9.18 Å². The predicted octanol–water partition coefficient (Wildman–Crippen LogP) is 1.14. The van der Waals surface area contributed by atoms with Gasteiger partial charge in [0, 0.05) is 0 Å². The quantitative estimate of drug-likeness (QED) is 0.590. The van der Waals surface area contributed by atoms with E-state index in [1.807, 2.05) is 0 Å². The summed E-state index contributed by atoms with van der Waals surface area (Å²) in [5.74, 6) is -0.785. The largest absolute Gasteiger partial charge is 0.367 e. The van der Waals surface area contributed by atoms with Gasteiger partial charge in [-0.25, -0.2) is 4.39 Å². The third-order valence-corrected chi connectivity index (χ3v) is 2.09. The van der Waals surface area contributed by atoms with Gasteiger partial charge in [-0.3, -0.25) is 4.79 Å². The van der Waals surface area contributed by atoms with Crippen molar-refractivity contribution in [2.75, 3.05) is 0 Å². The van der Waals surface area contributed by atoms with E-state index in [4.69, 9.17) is 5.73 Å². The number of hydrogen-bond acceptors (Lipinski definition) is 1. The second-order valence-electron chi connectivity index (χ2n) is 2.89. The summed E-state index contributed by atoms with van der Waals surface area (Å²) in [5, 5.41) is 0. The number of rotatable bonds is 1. The summed E-state index contributed by atoms with van der Waals surface area (Å²) in [4.78, 5) is 10.5. The van der Waals surface area contributed by atoms with E-state index in [-0.39, 0.29) is 0 Å². The molecule has 0 saturated heterocycles. The van der Waals surface area contributed by atoms with Crippen molar-refractivity contribution >= 4 is 5.91 Å². The van der Waals surface area contributed by atoms with E-state index in [1.54, 1.807) is 0 Å². The molecular formula is C7H12FNO. The summed E-state index contributed by atoms with van der Waals surface area (Å²) in [5.41, 5.74) is 3.21. The van der Waals surface area contributed by atoms with Crippen LogP contribution in [0.5, 0.6) is 0 Å². The predicted molar refractivity (Wildman–Crippen MR) is 36.1 cm³/mol. The molecule has 3 heteroatoms. The van der Waals surface area contributed by atoms with Crippen LogP contribution in [-0.4, -0.2) is 11.6 Å². The normalized spacial score (nSPS) is 24.1. The molecule has 1 aliphatic rings. The molecule has 0 aromatic heterocycles. The fourth-order valence-corrected chi connectivity index (χ4v) is 1.36. The fourth-order valence-electron chi connectivity index (χ4n) is 1.36. The molecule has 0 aromatic carbocycles. The van der Waals surface area contributed by atoms with Crippen molar-refractivity contribution in [2.45, 2.75) is 37.8 Å². The van der Waals surface area contributed by atoms with Gasteiger partial charge in [0.25, 0.3) is 5.91 Å². The number of amides is 1. The van der Waals surface area contributed by atoms with E-state index in [1.165, 1.54) is 0 Å². The first-order chi connectivity index (χ1) is 4.65. The minimum absolute atomic E-state index is 0.322. The van der Waals surface area contributed by atoms with Crippen molar-refractivity contribution in [2.24, 2.45) is 5.73 Å². The first-order valence-corrected chi connectivity index (χ1v) is 3.64. The maximum Gasteiger partial charge on any atom is 0.255 e. The van der Waals surface area contributed by atoms with Crippen molar-refractivity contribution in [3.8, 4) is 0 Å². The average molecular weight is 145 g/mol. The molecule has 0 unspecified atom stereocenters. The fraction of sp³-hybridized carbons (Fsp3) is 0.857. The highest BCUT2D eigenvalue weighted by atomic mass is 19.1. The maximum absolute atomic E-state index is 13.2.